The molecule has 2 heterocycles. The largest absolute Gasteiger partial charge is 0.486 e. The van der Waals surface area contributed by atoms with Crippen molar-refractivity contribution in [3.63, 3.8) is 0 Å². The fourth-order valence-corrected chi connectivity index (χ4v) is 3.40. The number of hydrogen-bond donors (Lipinski definition) is 0. The van der Waals surface area contributed by atoms with E-state index in [-0.39, 0.29) is 6.10 Å². The first-order chi connectivity index (χ1) is 12.2. The van der Waals surface area contributed by atoms with Crippen LogP contribution in [0.3, 0.4) is 0 Å². The molecule has 130 valence electrons. The van der Waals surface area contributed by atoms with Crippen LogP contribution in [0.1, 0.15) is 24.2 Å². The fraction of sp³-hybridized carbons (Fsp3) is 0.350. The SMILES string of the molecule is Cc1ccc(OCc2nc3ccc(Cl)cc3n2CC2CCCO2)cc1. The molecule has 0 saturated carbocycles. The Morgan fingerprint density at radius 1 is 1.24 bits per heavy atom. The van der Waals surface area contributed by atoms with E-state index in [0.29, 0.717) is 11.6 Å². The van der Waals surface area contributed by atoms with Gasteiger partial charge in [-0.15, -0.1) is 0 Å². The van der Waals surface area contributed by atoms with Crippen LogP contribution in [0.25, 0.3) is 11.0 Å². The van der Waals surface area contributed by atoms with Gasteiger partial charge in [-0.1, -0.05) is 29.3 Å². The van der Waals surface area contributed by atoms with E-state index in [1.807, 2.05) is 42.5 Å². The number of halogens is 1. The predicted octanol–water partition coefficient (Wildman–Crippen LogP) is 4.76. The van der Waals surface area contributed by atoms with Gasteiger partial charge in [-0.05, 0) is 50.1 Å². The van der Waals surface area contributed by atoms with Crippen LogP contribution in [-0.4, -0.2) is 22.3 Å². The number of rotatable bonds is 5. The third-order valence-corrected chi connectivity index (χ3v) is 4.82. The lowest BCUT2D eigenvalue weighted by Gasteiger charge is -2.15. The van der Waals surface area contributed by atoms with E-state index in [4.69, 9.17) is 26.1 Å². The molecule has 0 spiro atoms. The smallest absolute Gasteiger partial charge is 0.148 e. The lowest BCUT2D eigenvalue weighted by atomic mass is 10.2. The van der Waals surface area contributed by atoms with Gasteiger partial charge < -0.3 is 14.0 Å². The molecule has 25 heavy (non-hydrogen) atoms. The van der Waals surface area contributed by atoms with Crippen molar-refractivity contribution in [2.24, 2.45) is 0 Å². The quantitative estimate of drug-likeness (QED) is 0.661. The van der Waals surface area contributed by atoms with Crippen LogP contribution in [0.4, 0.5) is 0 Å². The Morgan fingerprint density at radius 2 is 2.08 bits per heavy atom. The van der Waals surface area contributed by atoms with Crippen LogP contribution in [0.2, 0.25) is 5.02 Å². The van der Waals surface area contributed by atoms with Crippen molar-refractivity contribution >= 4 is 22.6 Å². The Bertz CT molecular complexity index is 867. The Balaban J connectivity index is 1.62. The molecule has 3 aromatic rings. The van der Waals surface area contributed by atoms with E-state index in [9.17, 15) is 0 Å². The first-order valence-corrected chi connectivity index (χ1v) is 9.02. The third kappa shape index (κ3) is 3.65. The summed E-state index contributed by atoms with van der Waals surface area (Å²) < 4.78 is 14.0. The maximum atomic E-state index is 6.20. The summed E-state index contributed by atoms with van der Waals surface area (Å²) >= 11 is 6.20. The molecule has 0 aliphatic carbocycles. The zero-order valence-corrected chi connectivity index (χ0v) is 15.0. The van der Waals surface area contributed by atoms with Gasteiger partial charge in [0.2, 0.25) is 0 Å². The van der Waals surface area contributed by atoms with Gasteiger partial charge in [0.1, 0.15) is 18.2 Å². The number of benzene rings is 2. The maximum absolute atomic E-state index is 6.20. The molecule has 2 aromatic carbocycles. The summed E-state index contributed by atoms with van der Waals surface area (Å²) in [6.45, 7) is 4.10. The molecule has 5 heteroatoms. The minimum atomic E-state index is 0.231. The lowest BCUT2D eigenvalue weighted by Crippen LogP contribution is -2.18. The van der Waals surface area contributed by atoms with E-state index in [1.54, 1.807) is 0 Å². The summed E-state index contributed by atoms with van der Waals surface area (Å²) in [6, 6.07) is 13.9. The third-order valence-electron chi connectivity index (χ3n) is 4.59. The summed E-state index contributed by atoms with van der Waals surface area (Å²) in [5.41, 5.74) is 3.18. The first-order valence-electron chi connectivity index (χ1n) is 8.65. The first kappa shape index (κ1) is 16.4. The van der Waals surface area contributed by atoms with Crippen molar-refractivity contribution in [2.75, 3.05) is 6.61 Å². The van der Waals surface area contributed by atoms with Gasteiger partial charge in [0.05, 0.1) is 23.7 Å². The highest BCUT2D eigenvalue weighted by atomic mass is 35.5. The molecule has 0 radical (unpaired) electrons. The van der Waals surface area contributed by atoms with Crippen LogP contribution in [0.15, 0.2) is 42.5 Å². The maximum Gasteiger partial charge on any atom is 0.148 e. The van der Waals surface area contributed by atoms with E-state index in [2.05, 4.69) is 11.5 Å². The minimum absolute atomic E-state index is 0.231. The molecule has 0 amide bonds. The van der Waals surface area contributed by atoms with Gasteiger partial charge in [0.25, 0.3) is 0 Å². The van der Waals surface area contributed by atoms with Crippen LogP contribution in [0, 0.1) is 6.92 Å². The van der Waals surface area contributed by atoms with E-state index in [1.165, 1.54) is 5.56 Å². The van der Waals surface area contributed by atoms with Crippen LogP contribution >= 0.6 is 11.6 Å². The molecule has 4 rings (SSSR count). The van der Waals surface area contributed by atoms with Crippen LogP contribution in [0.5, 0.6) is 5.75 Å². The van der Waals surface area contributed by atoms with Gasteiger partial charge >= 0.3 is 0 Å². The summed E-state index contributed by atoms with van der Waals surface area (Å²) in [6.07, 6.45) is 2.43. The number of nitrogens with zero attached hydrogens (tertiary/aromatic N) is 2. The summed E-state index contributed by atoms with van der Waals surface area (Å²) in [5, 5.41) is 0.715. The highest BCUT2D eigenvalue weighted by Gasteiger charge is 2.20. The summed E-state index contributed by atoms with van der Waals surface area (Å²) in [5.74, 6) is 1.74. The number of imidazole rings is 1. The fourth-order valence-electron chi connectivity index (χ4n) is 3.23. The van der Waals surface area contributed by atoms with E-state index < -0.39 is 0 Å². The Morgan fingerprint density at radius 3 is 2.84 bits per heavy atom. The molecule has 1 aliphatic heterocycles. The molecule has 0 bridgehead atoms. The number of aromatic nitrogens is 2. The molecule has 1 unspecified atom stereocenters. The molecule has 0 N–H and O–H groups in total. The molecule has 1 saturated heterocycles. The second kappa shape index (κ2) is 7.06. The minimum Gasteiger partial charge on any atom is -0.486 e. The summed E-state index contributed by atoms with van der Waals surface area (Å²) in [4.78, 5) is 4.75. The number of ether oxygens (including phenoxy) is 2. The normalized spacial score (nSPS) is 17.3. The van der Waals surface area contributed by atoms with Gasteiger partial charge in [0, 0.05) is 11.6 Å². The Hall–Kier alpha value is -2.04. The number of hydrogen-bond acceptors (Lipinski definition) is 3. The van der Waals surface area contributed by atoms with Crippen molar-refractivity contribution < 1.29 is 9.47 Å². The molecule has 1 atom stereocenters. The zero-order chi connectivity index (χ0) is 17.2. The second-order valence-corrected chi connectivity index (χ2v) is 6.94. The Kier molecular flexibility index (Phi) is 4.64. The highest BCUT2D eigenvalue weighted by Crippen LogP contribution is 2.24. The molecule has 4 nitrogen and oxygen atoms in total. The lowest BCUT2D eigenvalue weighted by molar-refractivity contribution is 0.0963. The number of fused-ring (bicyclic) bond motifs is 1. The molecular weight excluding hydrogens is 336 g/mol. The van der Waals surface area contributed by atoms with Crippen molar-refractivity contribution in [2.45, 2.75) is 39.0 Å². The van der Waals surface area contributed by atoms with Crippen LogP contribution < -0.4 is 4.74 Å². The average Bonchev–Trinajstić information content (AvgIpc) is 3.23. The van der Waals surface area contributed by atoms with Crippen LogP contribution in [-0.2, 0) is 17.9 Å². The van der Waals surface area contributed by atoms with E-state index in [0.717, 1.165) is 48.6 Å². The van der Waals surface area contributed by atoms with Crippen molar-refractivity contribution in [1.82, 2.24) is 9.55 Å². The molecular formula is C20H21ClN2O2. The van der Waals surface area contributed by atoms with Gasteiger partial charge in [0.15, 0.2) is 0 Å². The predicted molar refractivity (Wildman–Crippen MR) is 99.2 cm³/mol. The average molecular weight is 357 g/mol. The van der Waals surface area contributed by atoms with Crippen molar-refractivity contribution in [3.8, 4) is 5.75 Å². The van der Waals surface area contributed by atoms with Gasteiger partial charge in [-0.3, -0.25) is 0 Å². The monoisotopic (exact) mass is 356 g/mol. The van der Waals surface area contributed by atoms with Gasteiger partial charge in [-0.25, -0.2) is 4.98 Å². The second-order valence-electron chi connectivity index (χ2n) is 6.51. The van der Waals surface area contributed by atoms with Gasteiger partial charge in [-0.2, -0.15) is 0 Å². The van der Waals surface area contributed by atoms with Crippen molar-refractivity contribution in [3.05, 3.63) is 58.9 Å². The van der Waals surface area contributed by atoms with E-state index >= 15 is 0 Å². The Labute approximate surface area is 152 Å². The zero-order valence-electron chi connectivity index (χ0n) is 14.2. The molecule has 1 fully saturated rings. The topological polar surface area (TPSA) is 36.3 Å². The highest BCUT2D eigenvalue weighted by molar-refractivity contribution is 6.31. The summed E-state index contributed by atoms with van der Waals surface area (Å²) in [7, 11) is 0. The van der Waals surface area contributed by atoms with Crippen molar-refractivity contribution in [1.29, 1.82) is 0 Å². The molecule has 1 aliphatic rings. The standard InChI is InChI=1S/C20H21ClN2O2/c1-14-4-7-16(8-5-14)25-13-20-22-18-9-6-15(21)11-19(18)23(20)12-17-3-2-10-24-17/h4-9,11,17H,2-3,10,12-13H2,1H3. The number of aryl methyl sites for hydroxylation is 1. The molecule has 1 aromatic heterocycles.